The van der Waals surface area contributed by atoms with E-state index in [1.807, 2.05) is 0 Å². The number of aliphatic hydroxyl groups is 1. The second kappa shape index (κ2) is 4.37. The first-order chi connectivity index (χ1) is 6.56. The van der Waals surface area contributed by atoms with Crippen LogP contribution >= 0.6 is 0 Å². The third-order valence-electron chi connectivity index (χ3n) is 2.21. The third kappa shape index (κ3) is 2.20. The van der Waals surface area contributed by atoms with Gasteiger partial charge < -0.3 is 9.84 Å². The number of hydrogen-bond donors (Lipinski definition) is 1. The van der Waals surface area contributed by atoms with Gasteiger partial charge in [0, 0.05) is 0 Å². The fourth-order valence-electron chi connectivity index (χ4n) is 1.52. The number of hydrogen-bond acceptors (Lipinski definition) is 4. The van der Waals surface area contributed by atoms with E-state index in [1.165, 1.54) is 6.08 Å². The maximum Gasteiger partial charge on any atom is 0.335 e. The van der Waals surface area contributed by atoms with E-state index in [9.17, 15) is 14.7 Å². The molecule has 78 valence electrons. The van der Waals surface area contributed by atoms with Gasteiger partial charge in [0.05, 0.1) is 12.5 Å². The molecule has 2 unspecified atom stereocenters. The van der Waals surface area contributed by atoms with Crippen LogP contribution in [-0.4, -0.2) is 29.6 Å². The van der Waals surface area contributed by atoms with Gasteiger partial charge >= 0.3 is 5.97 Å². The number of ketones is 1. The van der Waals surface area contributed by atoms with Gasteiger partial charge in [-0.25, -0.2) is 4.79 Å². The highest BCUT2D eigenvalue weighted by Gasteiger charge is 2.35. The van der Waals surface area contributed by atoms with Gasteiger partial charge in [-0.15, -0.1) is 0 Å². The highest BCUT2D eigenvalue weighted by molar-refractivity contribution is 5.98. The van der Waals surface area contributed by atoms with Crippen molar-refractivity contribution >= 4 is 11.8 Å². The Bertz CT molecular complexity index is 280. The fraction of sp³-hybridized carbons (Fsp3) is 0.600. The number of carbonyl (C=O) groups is 2. The van der Waals surface area contributed by atoms with E-state index in [4.69, 9.17) is 0 Å². The molecule has 0 amide bonds. The van der Waals surface area contributed by atoms with E-state index in [0.717, 1.165) is 5.57 Å². The first-order valence-electron chi connectivity index (χ1n) is 4.62. The lowest BCUT2D eigenvalue weighted by atomic mass is 9.98. The Morgan fingerprint density at radius 2 is 2.43 bits per heavy atom. The second-order valence-electron chi connectivity index (χ2n) is 3.40. The zero-order chi connectivity index (χ0) is 10.7. The van der Waals surface area contributed by atoms with Crippen molar-refractivity contribution < 1.29 is 19.4 Å². The average molecular weight is 198 g/mol. The van der Waals surface area contributed by atoms with Crippen molar-refractivity contribution in [2.24, 2.45) is 5.92 Å². The zero-order valence-corrected chi connectivity index (χ0v) is 8.32. The van der Waals surface area contributed by atoms with Crippen LogP contribution in [0, 0.1) is 5.92 Å². The molecule has 0 spiro atoms. The van der Waals surface area contributed by atoms with Gasteiger partial charge in [-0.05, 0) is 26.3 Å². The maximum atomic E-state index is 11.3. The van der Waals surface area contributed by atoms with Gasteiger partial charge in [-0.3, -0.25) is 4.79 Å². The summed E-state index contributed by atoms with van der Waals surface area (Å²) in [5, 5.41) is 9.51. The van der Waals surface area contributed by atoms with Crippen LogP contribution in [0.3, 0.4) is 0 Å². The monoisotopic (exact) mass is 198 g/mol. The van der Waals surface area contributed by atoms with Crippen molar-refractivity contribution in [3.8, 4) is 0 Å². The molecule has 0 bridgehead atoms. The van der Waals surface area contributed by atoms with E-state index in [1.54, 1.807) is 13.8 Å². The molecule has 4 heteroatoms. The van der Waals surface area contributed by atoms with Crippen molar-refractivity contribution in [1.82, 2.24) is 0 Å². The maximum absolute atomic E-state index is 11.3. The molecule has 4 nitrogen and oxygen atoms in total. The smallest absolute Gasteiger partial charge is 0.335 e. The SMILES string of the molecule is CCOC(=O)C(O)C1CC(C)=CC1=O. The third-order valence-corrected chi connectivity index (χ3v) is 2.21. The second-order valence-corrected chi connectivity index (χ2v) is 3.40. The molecule has 0 saturated carbocycles. The van der Waals surface area contributed by atoms with E-state index in [0.29, 0.717) is 6.42 Å². The molecule has 1 rings (SSSR count). The fourth-order valence-corrected chi connectivity index (χ4v) is 1.52. The number of carbonyl (C=O) groups excluding carboxylic acids is 2. The predicted octanol–water partition coefficient (Wildman–Crippen LogP) is 0.446. The minimum atomic E-state index is -1.32. The molecule has 2 atom stereocenters. The Morgan fingerprint density at radius 1 is 1.79 bits per heavy atom. The quantitative estimate of drug-likeness (QED) is 0.668. The predicted molar refractivity (Wildman–Crippen MR) is 49.5 cm³/mol. The molecule has 0 radical (unpaired) electrons. The van der Waals surface area contributed by atoms with Gasteiger partial charge in [0.1, 0.15) is 0 Å². The highest BCUT2D eigenvalue weighted by atomic mass is 16.5. The number of esters is 1. The standard InChI is InChI=1S/C10H14O4/c1-3-14-10(13)9(12)7-4-6(2)5-8(7)11/h5,7,9,12H,3-4H2,1-2H3. The van der Waals surface area contributed by atoms with Crippen LogP contribution in [0.25, 0.3) is 0 Å². The van der Waals surface area contributed by atoms with Gasteiger partial charge in [0.25, 0.3) is 0 Å². The molecular formula is C10H14O4. The number of aliphatic hydroxyl groups excluding tert-OH is 1. The Balaban J connectivity index is 2.59. The topological polar surface area (TPSA) is 63.6 Å². The van der Waals surface area contributed by atoms with Crippen LogP contribution in [-0.2, 0) is 14.3 Å². The van der Waals surface area contributed by atoms with Crippen molar-refractivity contribution in [3.05, 3.63) is 11.6 Å². The molecular weight excluding hydrogens is 184 g/mol. The van der Waals surface area contributed by atoms with E-state index >= 15 is 0 Å². The van der Waals surface area contributed by atoms with E-state index in [-0.39, 0.29) is 12.4 Å². The molecule has 1 N–H and O–H groups in total. The van der Waals surface area contributed by atoms with Crippen LogP contribution in [0.5, 0.6) is 0 Å². The summed E-state index contributed by atoms with van der Waals surface area (Å²) in [4.78, 5) is 22.4. The van der Waals surface area contributed by atoms with E-state index in [2.05, 4.69) is 4.74 Å². The van der Waals surface area contributed by atoms with Gasteiger partial charge in [0.15, 0.2) is 11.9 Å². The van der Waals surface area contributed by atoms with Gasteiger partial charge in [-0.2, -0.15) is 0 Å². The summed E-state index contributed by atoms with van der Waals surface area (Å²) in [5.41, 5.74) is 0.892. The Hall–Kier alpha value is -1.16. The lowest BCUT2D eigenvalue weighted by molar-refractivity contribution is -0.157. The molecule has 0 aromatic carbocycles. The molecule has 0 aromatic heterocycles. The van der Waals surface area contributed by atoms with Crippen LogP contribution in [0.4, 0.5) is 0 Å². The minimum absolute atomic E-state index is 0.192. The molecule has 0 fully saturated rings. The molecule has 0 aliphatic heterocycles. The summed E-state index contributed by atoms with van der Waals surface area (Å²) in [6, 6.07) is 0. The summed E-state index contributed by atoms with van der Waals surface area (Å²) in [5.74, 6) is -1.55. The average Bonchev–Trinajstić information content (AvgIpc) is 2.44. The minimum Gasteiger partial charge on any atom is -0.464 e. The summed E-state index contributed by atoms with van der Waals surface area (Å²) in [6.45, 7) is 3.67. The molecule has 0 aromatic rings. The summed E-state index contributed by atoms with van der Waals surface area (Å²) in [7, 11) is 0. The largest absolute Gasteiger partial charge is 0.464 e. The van der Waals surface area contributed by atoms with Crippen LogP contribution < -0.4 is 0 Å². The van der Waals surface area contributed by atoms with Crippen molar-refractivity contribution in [1.29, 1.82) is 0 Å². The van der Waals surface area contributed by atoms with E-state index < -0.39 is 18.0 Å². The summed E-state index contributed by atoms with van der Waals surface area (Å²) in [6.07, 6.45) is 0.586. The molecule has 14 heavy (non-hydrogen) atoms. The first kappa shape index (κ1) is 10.9. The summed E-state index contributed by atoms with van der Waals surface area (Å²) >= 11 is 0. The lowest BCUT2D eigenvalue weighted by Gasteiger charge is -2.14. The zero-order valence-electron chi connectivity index (χ0n) is 8.32. The molecule has 0 saturated heterocycles. The lowest BCUT2D eigenvalue weighted by Crippen LogP contribution is -2.33. The first-order valence-corrected chi connectivity index (χ1v) is 4.62. The van der Waals surface area contributed by atoms with Crippen molar-refractivity contribution in [2.75, 3.05) is 6.61 Å². The van der Waals surface area contributed by atoms with Gasteiger partial charge in [-0.1, -0.05) is 5.57 Å². The number of rotatable bonds is 3. The number of allylic oxidation sites excluding steroid dienone is 2. The molecule has 0 heterocycles. The summed E-state index contributed by atoms with van der Waals surface area (Å²) < 4.78 is 4.64. The van der Waals surface area contributed by atoms with Crippen molar-refractivity contribution in [2.45, 2.75) is 26.4 Å². The van der Waals surface area contributed by atoms with Crippen LogP contribution in [0.15, 0.2) is 11.6 Å². The Morgan fingerprint density at radius 3 is 2.86 bits per heavy atom. The van der Waals surface area contributed by atoms with Crippen molar-refractivity contribution in [3.63, 3.8) is 0 Å². The molecule has 1 aliphatic rings. The van der Waals surface area contributed by atoms with Gasteiger partial charge in [0.2, 0.25) is 0 Å². The van der Waals surface area contributed by atoms with Crippen LogP contribution in [0.1, 0.15) is 20.3 Å². The van der Waals surface area contributed by atoms with Crippen LogP contribution in [0.2, 0.25) is 0 Å². The highest BCUT2D eigenvalue weighted by Crippen LogP contribution is 2.24. The molecule has 1 aliphatic carbocycles. The number of ether oxygens (including phenoxy) is 1. The Labute approximate surface area is 82.6 Å². The normalized spacial score (nSPS) is 23.2. The Kier molecular flexibility index (Phi) is 3.41.